The van der Waals surface area contributed by atoms with Gasteiger partial charge < -0.3 is 21.0 Å². The number of phenols is 1. The molecule has 2 rings (SSSR count). The van der Waals surface area contributed by atoms with Crippen molar-refractivity contribution in [1.29, 1.82) is 0 Å². The second-order valence-electron chi connectivity index (χ2n) is 5.51. The minimum atomic E-state index is 0. The van der Waals surface area contributed by atoms with E-state index < -0.39 is 0 Å². The van der Waals surface area contributed by atoms with Crippen molar-refractivity contribution in [1.82, 2.24) is 4.90 Å². The topological polar surface area (TPSA) is 86.5 Å². The third kappa shape index (κ3) is 5.67. The Bertz CT molecular complexity index is 374. The molecule has 0 radical (unpaired) electrons. The zero-order valence-electron chi connectivity index (χ0n) is 12.3. The van der Waals surface area contributed by atoms with Crippen LogP contribution in [0, 0.1) is 5.92 Å². The van der Waals surface area contributed by atoms with Crippen LogP contribution in [0.25, 0.3) is 0 Å². The van der Waals surface area contributed by atoms with Crippen molar-refractivity contribution < 1.29 is 16.1 Å². The highest BCUT2D eigenvalue weighted by Crippen LogP contribution is 2.38. The Labute approximate surface area is 127 Å². The van der Waals surface area contributed by atoms with Crippen molar-refractivity contribution >= 4 is 12.4 Å². The van der Waals surface area contributed by atoms with Crippen molar-refractivity contribution in [2.75, 3.05) is 20.6 Å². The van der Waals surface area contributed by atoms with Gasteiger partial charge in [-0.05, 0) is 56.5 Å². The third-order valence-electron chi connectivity index (χ3n) is 3.81. The Kier molecular flexibility index (Phi) is 10.7. The summed E-state index contributed by atoms with van der Waals surface area (Å²) in [6.07, 6.45) is 5.26. The molecule has 1 aliphatic rings. The lowest BCUT2D eigenvalue weighted by Gasteiger charge is -2.33. The van der Waals surface area contributed by atoms with Gasteiger partial charge >= 0.3 is 0 Å². The first kappa shape index (κ1) is 21.5. The minimum absolute atomic E-state index is 0. The summed E-state index contributed by atoms with van der Waals surface area (Å²) in [5.41, 5.74) is 1.32. The Morgan fingerprint density at radius 1 is 1.15 bits per heavy atom. The summed E-state index contributed by atoms with van der Waals surface area (Å²) in [7, 11) is 4.29. The first-order chi connectivity index (χ1) is 8.16. The summed E-state index contributed by atoms with van der Waals surface area (Å²) in [6, 6.07) is 7.83. The van der Waals surface area contributed by atoms with Crippen LogP contribution < -0.4 is 0 Å². The highest BCUT2D eigenvalue weighted by atomic mass is 35.5. The van der Waals surface area contributed by atoms with E-state index >= 15 is 0 Å². The van der Waals surface area contributed by atoms with Gasteiger partial charge in [-0.1, -0.05) is 25.0 Å². The lowest BCUT2D eigenvalue weighted by molar-refractivity contribution is 0.233. The van der Waals surface area contributed by atoms with Gasteiger partial charge in [0.1, 0.15) is 5.75 Å². The second-order valence-corrected chi connectivity index (χ2v) is 5.51. The number of rotatable bonds is 3. The van der Waals surface area contributed by atoms with Crippen LogP contribution in [-0.2, 0) is 0 Å². The van der Waals surface area contributed by atoms with Gasteiger partial charge in [0.05, 0.1) is 0 Å². The van der Waals surface area contributed by atoms with Crippen LogP contribution in [0.3, 0.4) is 0 Å². The highest BCUT2D eigenvalue weighted by molar-refractivity contribution is 5.85. The van der Waals surface area contributed by atoms with E-state index in [4.69, 9.17) is 0 Å². The van der Waals surface area contributed by atoms with Gasteiger partial charge in [-0.15, -0.1) is 12.4 Å². The number of hydrogen-bond acceptors (Lipinski definition) is 2. The molecule has 1 fully saturated rings. The molecule has 4 nitrogen and oxygen atoms in total. The molecular formula is C15H28ClNO3. The monoisotopic (exact) mass is 305 g/mol. The lowest BCUT2D eigenvalue weighted by Crippen LogP contribution is -2.28. The summed E-state index contributed by atoms with van der Waals surface area (Å²) >= 11 is 0. The summed E-state index contributed by atoms with van der Waals surface area (Å²) < 4.78 is 0. The van der Waals surface area contributed by atoms with Crippen LogP contribution >= 0.6 is 12.4 Å². The SMILES string of the molecule is CN(C)C[C@@H]1CCCC[C@H]1c1cccc(O)c1.Cl.O.O. The maximum Gasteiger partial charge on any atom is 0.115 e. The average Bonchev–Trinajstić information content (AvgIpc) is 2.29. The summed E-state index contributed by atoms with van der Waals surface area (Å²) in [6.45, 7) is 1.15. The maximum absolute atomic E-state index is 9.60. The van der Waals surface area contributed by atoms with Gasteiger partial charge in [0.15, 0.2) is 0 Å². The highest BCUT2D eigenvalue weighted by Gasteiger charge is 2.26. The molecule has 5 heteroatoms. The van der Waals surface area contributed by atoms with E-state index in [1.54, 1.807) is 6.07 Å². The Morgan fingerprint density at radius 3 is 2.40 bits per heavy atom. The Hall–Kier alpha value is -0.810. The smallest absolute Gasteiger partial charge is 0.115 e. The van der Waals surface area contributed by atoms with Crippen LogP contribution in [0.4, 0.5) is 0 Å². The van der Waals surface area contributed by atoms with Gasteiger partial charge in [0, 0.05) is 6.54 Å². The fraction of sp³-hybridized carbons (Fsp3) is 0.600. The van der Waals surface area contributed by atoms with Gasteiger partial charge in [-0.2, -0.15) is 0 Å². The molecule has 118 valence electrons. The molecule has 0 aromatic heterocycles. The zero-order chi connectivity index (χ0) is 12.3. The van der Waals surface area contributed by atoms with Gasteiger partial charge in [0.25, 0.3) is 0 Å². The largest absolute Gasteiger partial charge is 0.508 e. The molecule has 0 amide bonds. The molecule has 0 heterocycles. The number of hydrogen-bond donors (Lipinski definition) is 1. The number of halogens is 1. The normalized spacial score (nSPS) is 21.4. The summed E-state index contributed by atoms with van der Waals surface area (Å²) in [5.74, 6) is 1.76. The van der Waals surface area contributed by atoms with E-state index in [9.17, 15) is 5.11 Å². The molecule has 2 atom stereocenters. The fourth-order valence-corrected chi connectivity index (χ4v) is 3.09. The summed E-state index contributed by atoms with van der Waals surface area (Å²) in [4.78, 5) is 2.28. The summed E-state index contributed by atoms with van der Waals surface area (Å²) in [5, 5.41) is 9.60. The number of nitrogens with zero attached hydrogens (tertiary/aromatic N) is 1. The molecule has 0 unspecified atom stereocenters. The first-order valence-electron chi connectivity index (χ1n) is 6.60. The molecule has 0 spiro atoms. The Morgan fingerprint density at radius 2 is 1.80 bits per heavy atom. The van der Waals surface area contributed by atoms with E-state index in [1.807, 2.05) is 12.1 Å². The minimum Gasteiger partial charge on any atom is -0.508 e. The number of aromatic hydroxyl groups is 1. The molecule has 5 N–H and O–H groups in total. The molecule has 0 aliphatic heterocycles. The van der Waals surface area contributed by atoms with Gasteiger partial charge in [0.2, 0.25) is 0 Å². The van der Waals surface area contributed by atoms with Crippen molar-refractivity contribution in [2.45, 2.75) is 31.6 Å². The van der Waals surface area contributed by atoms with E-state index in [0.717, 1.165) is 12.5 Å². The fourth-order valence-electron chi connectivity index (χ4n) is 3.09. The van der Waals surface area contributed by atoms with Gasteiger partial charge in [-0.25, -0.2) is 0 Å². The zero-order valence-corrected chi connectivity index (χ0v) is 13.1. The molecule has 0 saturated heterocycles. The van der Waals surface area contributed by atoms with Crippen molar-refractivity contribution in [3.05, 3.63) is 29.8 Å². The molecule has 1 aromatic carbocycles. The predicted octanol–water partition coefficient (Wildman–Crippen LogP) is 2.00. The first-order valence-corrected chi connectivity index (χ1v) is 6.60. The number of phenolic OH excluding ortho intramolecular Hbond substituents is 1. The van der Waals surface area contributed by atoms with E-state index in [0.29, 0.717) is 11.7 Å². The molecule has 1 aromatic rings. The Balaban J connectivity index is 0. The van der Waals surface area contributed by atoms with Crippen LogP contribution in [0.5, 0.6) is 5.75 Å². The van der Waals surface area contributed by atoms with Gasteiger partial charge in [-0.3, -0.25) is 0 Å². The van der Waals surface area contributed by atoms with Crippen molar-refractivity contribution in [3.63, 3.8) is 0 Å². The van der Waals surface area contributed by atoms with E-state index in [1.165, 1.54) is 31.2 Å². The molecule has 1 saturated carbocycles. The van der Waals surface area contributed by atoms with E-state index in [-0.39, 0.29) is 23.4 Å². The molecule has 20 heavy (non-hydrogen) atoms. The lowest BCUT2D eigenvalue weighted by atomic mass is 9.75. The van der Waals surface area contributed by atoms with Crippen LogP contribution in [0.15, 0.2) is 24.3 Å². The predicted molar refractivity (Wildman–Crippen MR) is 85.8 cm³/mol. The van der Waals surface area contributed by atoms with Crippen LogP contribution in [-0.4, -0.2) is 41.6 Å². The molecule has 1 aliphatic carbocycles. The van der Waals surface area contributed by atoms with Crippen molar-refractivity contribution in [2.24, 2.45) is 5.92 Å². The van der Waals surface area contributed by atoms with Crippen molar-refractivity contribution in [3.8, 4) is 5.75 Å². The molecule has 0 bridgehead atoms. The molecular weight excluding hydrogens is 278 g/mol. The quantitative estimate of drug-likeness (QED) is 0.926. The second kappa shape index (κ2) is 10.00. The standard InChI is InChI=1S/C15H23NO.ClH.2H2O/c1-16(2)11-13-6-3-4-9-15(13)12-7-5-8-14(17)10-12;;;/h5,7-8,10,13,15,17H,3-4,6,9,11H2,1-2H3;1H;2*1H2/t13-,15-;;;/m0.../s1. The number of benzene rings is 1. The average molecular weight is 306 g/mol. The van der Waals surface area contributed by atoms with E-state index in [2.05, 4.69) is 25.1 Å². The van der Waals surface area contributed by atoms with Crippen LogP contribution in [0.1, 0.15) is 37.2 Å². The van der Waals surface area contributed by atoms with Crippen LogP contribution in [0.2, 0.25) is 0 Å². The maximum atomic E-state index is 9.60. The third-order valence-corrected chi connectivity index (χ3v) is 3.81.